The fraction of sp³-hybridized carbons (Fsp3) is 0.625. The minimum atomic E-state index is -0.477. The molecule has 0 aliphatic carbocycles. The summed E-state index contributed by atoms with van der Waals surface area (Å²) in [6, 6.07) is 2.07. The second-order valence-corrected chi connectivity index (χ2v) is 7.82. The van der Waals surface area contributed by atoms with Crippen LogP contribution in [-0.2, 0) is 4.74 Å². The number of aryl methyl sites for hydroxylation is 1. The molecule has 23 heavy (non-hydrogen) atoms. The van der Waals surface area contributed by atoms with E-state index in [1.54, 1.807) is 4.90 Å². The number of rotatable bonds is 0. The van der Waals surface area contributed by atoms with Crippen LogP contribution in [0, 0.1) is 6.92 Å². The van der Waals surface area contributed by atoms with E-state index in [1.165, 1.54) is 0 Å². The number of nitrogens with zero attached hydrogens (tertiary/aromatic N) is 3. The molecule has 1 saturated heterocycles. The van der Waals surface area contributed by atoms with E-state index < -0.39 is 5.60 Å². The first-order valence-electron chi connectivity index (χ1n) is 7.79. The minimum absolute atomic E-state index is 0.108. The fourth-order valence-corrected chi connectivity index (χ4v) is 3.12. The van der Waals surface area contributed by atoms with Gasteiger partial charge in [0.1, 0.15) is 12.2 Å². The number of carbonyl (C=O) groups excluding carboxylic acids is 1. The standard InChI is InChI=1S/C16H22BrN3O3/c1-10-12(17)7-13-14(18-10)20-6-5-19(8-11(20)9-22-13)15(21)23-16(2,3)4/h7,11H,5-6,8-9H2,1-4H3. The van der Waals surface area contributed by atoms with Gasteiger partial charge in [0.15, 0.2) is 11.6 Å². The quantitative estimate of drug-likeness (QED) is 0.689. The Labute approximate surface area is 144 Å². The number of ether oxygens (including phenoxy) is 2. The van der Waals surface area contributed by atoms with E-state index in [2.05, 4.69) is 25.8 Å². The van der Waals surface area contributed by atoms with Crippen LogP contribution in [0.4, 0.5) is 10.6 Å². The van der Waals surface area contributed by atoms with Crippen molar-refractivity contribution in [1.29, 1.82) is 0 Å². The number of piperazine rings is 1. The molecule has 126 valence electrons. The summed E-state index contributed by atoms with van der Waals surface area (Å²) in [6.45, 7) is 10.1. The zero-order valence-electron chi connectivity index (χ0n) is 13.9. The molecule has 1 atom stereocenters. The predicted octanol–water partition coefficient (Wildman–Crippen LogP) is 2.97. The maximum absolute atomic E-state index is 12.3. The second-order valence-electron chi connectivity index (χ2n) is 6.96. The number of amides is 1. The molecule has 7 heteroatoms. The Bertz CT molecular complexity index is 630. The van der Waals surface area contributed by atoms with Gasteiger partial charge in [-0.25, -0.2) is 9.78 Å². The van der Waals surface area contributed by atoms with E-state index in [-0.39, 0.29) is 12.1 Å². The molecule has 3 heterocycles. The normalized spacial score (nSPS) is 20.5. The summed E-state index contributed by atoms with van der Waals surface area (Å²) < 4.78 is 12.3. The number of pyridine rings is 1. The molecule has 0 aromatic carbocycles. The molecule has 1 aromatic heterocycles. The van der Waals surface area contributed by atoms with Crippen LogP contribution < -0.4 is 9.64 Å². The molecule has 0 bridgehead atoms. The summed E-state index contributed by atoms with van der Waals surface area (Å²) in [5.74, 6) is 1.66. The average molecular weight is 384 g/mol. The molecule has 0 saturated carbocycles. The van der Waals surface area contributed by atoms with Crippen molar-refractivity contribution >= 4 is 27.8 Å². The molecule has 2 aliphatic heterocycles. The van der Waals surface area contributed by atoms with Gasteiger partial charge in [-0.05, 0) is 43.6 Å². The van der Waals surface area contributed by atoms with Gasteiger partial charge in [0.25, 0.3) is 0 Å². The molecule has 3 rings (SSSR count). The lowest BCUT2D eigenvalue weighted by Gasteiger charge is -2.44. The largest absolute Gasteiger partial charge is 0.487 e. The first kappa shape index (κ1) is 16.4. The third kappa shape index (κ3) is 3.39. The van der Waals surface area contributed by atoms with Gasteiger partial charge in [0, 0.05) is 30.2 Å². The monoisotopic (exact) mass is 383 g/mol. The van der Waals surface area contributed by atoms with Crippen LogP contribution in [0.3, 0.4) is 0 Å². The Morgan fingerprint density at radius 2 is 2.17 bits per heavy atom. The molecule has 0 radical (unpaired) electrons. The molecular weight excluding hydrogens is 362 g/mol. The van der Waals surface area contributed by atoms with E-state index in [4.69, 9.17) is 9.47 Å². The maximum Gasteiger partial charge on any atom is 0.410 e. The zero-order chi connectivity index (χ0) is 16.8. The van der Waals surface area contributed by atoms with Gasteiger partial charge in [0.2, 0.25) is 0 Å². The summed E-state index contributed by atoms with van der Waals surface area (Å²) in [5, 5.41) is 0. The maximum atomic E-state index is 12.3. The van der Waals surface area contributed by atoms with Crippen molar-refractivity contribution in [3.8, 4) is 5.75 Å². The van der Waals surface area contributed by atoms with Crippen molar-refractivity contribution in [3.05, 3.63) is 16.2 Å². The van der Waals surface area contributed by atoms with E-state index in [1.807, 2.05) is 33.8 Å². The zero-order valence-corrected chi connectivity index (χ0v) is 15.5. The first-order valence-corrected chi connectivity index (χ1v) is 8.58. The lowest BCUT2D eigenvalue weighted by atomic mass is 10.1. The van der Waals surface area contributed by atoms with Gasteiger partial charge in [0.05, 0.1) is 11.7 Å². The number of aromatic nitrogens is 1. The third-order valence-corrected chi connectivity index (χ3v) is 4.74. The van der Waals surface area contributed by atoms with E-state index >= 15 is 0 Å². The van der Waals surface area contributed by atoms with Gasteiger partial charge in [-0.1, -0.05) is 0 Å². The summed E-state index contributed by atoms with van der Waals surface area (Å²) in [6.07, 6.45) is -0.261. The van der Waals surface area contributed by atoms with Crippen molar-refractivity contribution in [1.82, 2.24) is 9.88 Å². The van der Waals surface area contributed by atoms with Crippen molar-refractivity contribution in [2.24, 2.45) is 0 Å². The van der Waals surface area contributed by atoms with Crippen LogP contribution in [0.1, 0.15) is 26.5 Å². The van der Waals surface area contributed by atoms with Crippen LogP contribution in [0.5, 0.6) is 5.75 Å². The Kier molecular flexibility index (Phi) is 4.16. The highest BCUT2D eigenvalue weighted by molar-refractivity contribution is 9.10. The van der Waals surface area contributed by atoms with Gasteiger partial charge in [-0.2, -0.15) is 0 Å². The lowest BCUT2D eigenvalue weighted by Crippen LogP contribution is -2.59. The molecule has 0 spiro atoms. The van der Waals surface area contributed by atoms with Crippen molar-refractivity contribution in [2.75, 3.05) is 31.1 Å². The van der Waals surface area contributed by atoms with Crippen molar-refractivity contribution in [2.45, 2.75) is 39.3 Å². The van der Waals surface area contributed by atoms with Crippen molar-refractivity contribution < 1.29 is 14.3 Å². The highest BCUT2D eigenvalue weighted by Gasteiger charge is 2.37. The number of fused-ring (bicyclic) bond motifs is 3. The summed E-state index contributed by atoms with van der Waals surface area (Å²) in [7, 11) is 0. The molecule has 2 aliphatic rings. The fourth-order valence-electron chi connectivity index (χ4n) is 2.82. The highest BCUT2D eigenvalue weighted by atomic mass is 79.9. The Hall–Kier alpha value is -1.50. The van der Waals surface area contributed by atoms with E-state index in [9.17, 15) is 4.79 Å². The van der Waals surface area contributed by atoms with Gasteiger partial charge >= 0.3 is 6.09 Å². The molecule has 1 aromatic rings. The highest BCUT2D eigenvalue weighted by Crippen LogP contribution is 2.36. The summed E-state index contributed by atoms with van der Waals surface area (Å²) in [4.78, 5) is 20.9. The van der Waals surface area contributed by atoms with Gasteiger partial charge < -0.3 is 19.3 Å². The van der Waals surface area contributed by atoms with Crippen LogP contribution in [-0.4, -0.2) is 53.9 Å². The van der Waals surface area contributed by atoms with E-state index in [0.717, 1.165) is 28.3 Å². The van der Waals surface area contributed by atoms with Crippen molar-refractivity contribution in [3.63, 3.8) is 0 Å². The molecule has 6 nitrogen and oxygen atoms in total. The smallest absolute Gasteiger partial charge is 0.410 e. The van der Waals surface area contributed by atoms with Gasteiger partial charge in [-0.3, -0.25) is 0 Å². The number of anilines is 1. The minimum Gasteiger partial charge on any atom is -0.487 e. The molecule has 1 unspecified atom stereocenters. The molecule has 0 N–H and O–H groups in total. The summed E-state index contributed by atoms with van der Waals surface area (Å²) >= 11 is 3.49. The molecular formula is C16H22BrN3O3. The van der Waals surface area contributed by atoms with Crippen LogP contribution in [0.2, 0.25) is 0 Å². The predicted molar refractivity (Wildman–Crippen MR) is 91.1 cm³/mol. The van der Waals surface area contributed by atoms with Gasteiger partial charge in [-0.15, -0.1) is 0 Å². The first-order chi connectivity index (χ1) is 10.7. The Morgan fingerprint density at radius 1 is 1.43 bits per heavy atom. The number of halogens is 1. The third-order valence-electron chi connectivity index (χ3n) is 3.94. The average Bonchev–Trinajstić information content (AvgIpc) is 2.46. The van der Waals surface area contributed by atoms with Crippen LogP contribution >= 0.6 is 15.9 Å². The number of hydrogen-bond donors (Lipinski definition) is 0. The summed E-state index contributed by atoms with van der Waals surface area (Å²) in [5.41, 5.74) is 0.456. The second kappa shape index (κ2) is 5.85. The molecule has 1 fully saturated rings. The Balaban J connectivity index is 1.75. The lowest BCUT2D eigenvalue weighted by molar-refractivity contribution is 0.0194. The van der Waals surface area contributed by atoms with Crippen LogP contribution in [0.15, 0.2) is 10.5 Å². The molecule has 1 amide bonds. The van der Waals surface area contributed by atoms with E-state index in [0.29, 0.717) is 19.7 Å². The number of carbonyl (C=O) groups is 1. The SMILES string of the molecule is Cc1nc2c(cc1Br)OCC1CN(C(=O)OC(C)(C)C)CCN21. The Morgan fingerprint density at radius 3 is 2.87 bits per heavy atom. The van der Waals surface area contributed by atoms with Crippen LogP contribution in [0.25, 0.3) is 0 Å². The number of hydrogen-bond acceptors (Lipinski definition) is 5. The topological polar surface area (TPSA) is 54.9 Å².